The molecule has 0 amide bonds. The summed E-state index contributed by atoms with van der Waals surface area (Å²) in [5.74, 6) is 0.583. The van der Waals surface area contributed by atoms with E-state index in [1.54, 1.807) is 0 Å². The van der Waals surface area contributed by atoms with Crippen molar-refractivity contribution in [3.05, 3.63) is 55.7 Å². The van der Waals surface area contributed by atoms with E-state index in [4.69, 9.17) is 0 Å². The molecule has 2 aromatic rings. The minimum atomic E-state index is 0.293. The zero-order valence-corrected chi connectivity index (χ0v) is 15.6. The maximum Gasteiger partial charge on any atom is 0.0731 e. The summed E-state index contributed by atoms with van der Waals surface area (Å²) in [6.07, 6.45) is 1.14. The zero-order chi connectivity index (χ0) is 15.4. The largest absolute Gasteiger partial charge is 0.306 e. The maximum absolute atomic E-state index is 3.68. The summed E-state index contributed by atoms with van der Waals surface area (Å²) in [5.41, 5.74) is 4.07. The second-order valence-corrected chi connectivity index (χ2v) is 8.22. The molecule has 1 atom stereocenters. The molecule has 0 bridgehead atoms. The Morgan fingerprint density at radius 2 is 1.76 bits per heavy atom. The van der Waals surface area contributed by atoms with Crippen LogP contribution in [0, 0.1) is 6.92 Å². The van der Waals surface area contributed by atoms with Crippen LogP contribution in [0.1, 0.15) is 60.7 Å². The summed E-state index contributed by atoms with van der Waals surface area (Å²) in [6, 6.07) is 11.6. The van der Waals surface area contributed by atoms with Crippen molar-refractivity contribution in [2.24, 2.45) is 0 Å². The van der Waals surface area contributed by atoms with Crippen LogP contribution in [0.2, 0.25) is 0 Å². The lowest BCUT2D eigenvalue weighted by Crippen LogP contribution is -2.22. The second kappa shape index (κ2) is 7.57. The van der Waals surface area contributed by atoms with Crippen LogP contribution in [0.25, 0.3) is 0 Å². The Hall–Kier alpha value is -0.640. The summed E-state index contributed by atoms with van der Waals surface area (Å²) in [7, 11) is 0. The first-order chi connectivity index (χ1) is 10.0. The van der Waals surface area contributed by atoms with Crippen molar-refractivity contribution in [2.75, 3.05) is 6.54 Å². The van der Waals surface area contributed by atoms with Crippen molar-refractivity contribution in [3.8, 4) is 0 Å². The van der Waals surface area contributed by atoms with Gasteiger partial charge >= 0.3 is 0 Å². The van der Waals surface area contributed by atoms with E-state index in [1.165, 1.54) is 25.4 Å². The summed E-state index contributed by atoms with van der Waals surface area (Å²) in [6.45, 7) is 9.87. The highest BCUT2D eigenvalue weighted by atomic mass is 79.9. The molecule has 1 aromatic heterocycles. The number of hydrogen-bond acceptors (Lipinski definition) is 2. The monoisotopic (exact) mass is 365 g/mol. The van der Waals surface area contributed by atoms with E-state index < -0.39 is 0 Å². The molecule has 0 radical (unpaired) electrons. The molecule has 21 heavy (non-hydrogen) atoms. The molecule has 114 valence electrons. The molecule has 2 rings (SSSR count). The average Bonchev–Trinajstić information content (AvgIpc) is 2.79. The average molecular weight is 366 g/mol. The first kappa shape index (κ1) is 16.7. The molecule has 1 aromatic carbocycles. The first-order valence-electron chi connectivity index (χ1n) is 7.62. The standard InChI is InChI=1S/C18H24BrNS/c1-5-10-20-17(16-11-13(4)18(19)21-16)15-8-6-14(7-9-15)12(2)3/h6-9,11-12,17,20H,5,10H2,1-4H3. The molecule has 0 aliphatic carbocycles. The van der Waals surface area contributed by atoms with Crippen molar-refractivity contribution in [1.82, 2.24) is 5.32 Å². The lowest BCUT2D eigenvalue weighted by molar-refractivity contribution is 0.605. The van der Waals surface area contributed by atoms with Crippen LogP contribution >= 0.6 is 27.3 Å². The van der Waals surface area contributed by atoms with Gasteiger partial charge in [-0.05, 0) is 64.5 Å². The fourth-order valence-corrected chi connectivity index (χ4v) is 4.05. The normalized spacial score (nSPS) is 12.9. The predicted molar refractivity (Wildman–Crippen MR) is 97.4 cm³/mol. The van der Waals surface area contributed by atoms with E-state index in [1.807, 2.05) is 11.3 Å². The van der Waals surface area contributed by atoms with Crippen LogP contribution in [0.4, 0.5) is 0 Å². The van der Waals surface area contributed by atoms with Crippen molar-refractivity contribution in [3.63, 3.8) is 0 Å². The van der Waals surface area contributed by atoms with E-state index in [-0.39, 0.29) is 0 Å². The Balaban J connectivity index is 2.30. The SMILES string of the molecule is CCCNC(c1ccc(C(C)C)cc1)c1cc(C)c(Br)s1. The van der Waals surface area contributed by atoms with E-state index in [0.29, 0.717) is 12.0 Å². The van der Waals surface area contributed by atoms with Crippen LogP contribution in [0.3, 0.4) is 0 Å². The number of rotatable bonds is 6. The minimum Gasteiger partial charge on any atom is -0.306 e. The first-order valence-corrected chi connectivity index (χ1v) is 9.23. The highest BCUT2D eigenvalue weighted by Crippen LogP contribution is 2.34. The Morgan fingerprint density at radius 1 is 1.14 bits per heavy atom. The lowest BCUT2D eigenvalue weighted by Gasteiger charge is -2.18. The van der Waals surface area contributed by atoms with E-state index in [9.17, 15) is 0 Å². The van der Waals surface area contributed by atoms with Gasteiger partial charge < -0.3 is 5.32 Å². The molecule has 0 fully saturated rings. The molecule has 1 heterocycles. The fraction of sp³-hybridized carbons (Fsp3) is 0.444. The van der Waals surface area contributed by atoms with Gasteiger partial charge in [0.1, 0.15) is 0 Å². The van der Waals surface area contributed by atoms with Crippen LogP contribution in [0.15, 0.2) is 34.1 Å². The van der Waals surface area contributed by atoms with Crippen LogP contribution < -0.4 is 5.32 Å². The van der Waals surface area contributed by atoms with E-state index >= 15 is 0 Å². The van der Waals surface area contributed by atoms with Gasteiger partial charge in [0.15, 0.2) is 0 Å². The zero-order valence-electron chi connectivity index (χ0n) is 13.2. The maximum atomic E-state index is 3.68. The third-order valence-electron chi connectivity index (χ3n) is 3.70. The molecule has 1 N–H and O–H groups in total. The van der Waals surface area contributed by atoms with Crippen molar-refractivity contribution in [1.29, 1.82) is 0 Å². The Labute approximate surface area is 140 Å². The van der Waals surface area contributed by atoms with Gasteiger partial charge in [-0.15, -0.1) is 11.3 Å². The Bertz CT molecular complexity index is 552. The number of aryl methyl sites for hydroxylation is 1. The van der Waals surface area contributed by atoms with Gasteiger partial charge in [-0.2, -0.15) is 0 Å². The van der Waals surface area contributed by atoms with Gasteiger partial charge in [0.05, 0.1) is 9.83 Å². The third-order valence-corrected chi connectivity index (χ3v) is 5.90. The highest BCUT2D eigenvalue weighted by Gasteiger charge is 2.17. The van der Waals surface area contributed by atoms with Crippen LogP contribution in [0.5, 0.6) is 0 Å². The fourth-order valence-electron chi connectivity index (χ4n) is 2.37. The lowest BCUT2D eigenvalue weighted by atomic mass is 9.98. The number of hydrogen-bond donors (Lipinski definition) is 1. The number of benzene rings is 1. The van der Waals surface area contributed by atoms with Crippen molar-refractivity contribution >= 4 is 27.3 Å². The van der Waals surface area contributed by atoms with Gasteiger partial charge in [0.2, 0.25) is 0 Å². The molecule has 0 aliphatic heterocycles. The van der Waals surface area contributed by atoms with Crippen LogP contribution in [-0.2, 0) is 0 Å². The third kappa shape index (κ3) is 4.18. The Kier molecular flexibility index (Phi) is 6.03. The molecule has 0 aliphatic rings. The van der Waals surface area contributed by atoms with Gasteiger partial charge in [0.25, 0.3) is 0 Å². The molecular weight excluding hydrogens is 342 g/mol. The molecule has 0 spiro atoms. The topological polar surface area (TPSA) is 12.0 Å². The van der Waals surface area contributed by atoms with Gasteiger partial charge in [0, 0.05) is 4.88 Å². The van der Waals surface area contributed by atoms with Crippen molar-refractivity contribution < 1.29 is 0 Å². The van der Waals surface area contributed by atoms with Crippen molar-refractivity contribution in [2.45, 2.75) is 46.1 Å². The number of halogens is 1. The van der Waals surface area contributed by atoms with Gasteiger partial charge in [-0.25, -0.2) is 0 Å². The summed E-state index contributed by atoms with van der Waals surface area (Å²) < 4.78 is 1.24. The molecule has 1 nitrogen and oxygen atoms in total. The van der Waals surface area contributed by atoms with Gasteiger partial charge in [-0.3, -0.25) is 0 Å². The summed E-state index contributed by atoms with van der Waals surface area (Å²) in [5, 5.41) is 3.68. The van der Waals surface area contributed by atoms with Gasteiger partial charge in [-0.1, -0.05) is 45.0 Å². The quantitative estimate of drug-likeness (QED) is 0.658. The number of nitrogens with one attached hydrogen (secondary N) is 1. The molecular formula is C18H24BrNS. The molecule has 0 saturated heterocycles. The molecule has 3 heteroatoms. The summed E-state index contributed by atoms with van der Waals surface area (Å²) in [4.78, 5) is 1.38. The summed E-state index contributed by atoms with van der Waals surface area (Å²) >= 11 is 5.48. The number of thiophene rings is 1. The Morgan fingerprint density at radius 3 is 2.24 bits per heavy atom. The van der Waals surface area contributed by atoms with E-state index in [0.717, 1.165) is 13.0 Å². The molecule has 1 unspecified atom stereocenters. The minimum absolute atomic E-state index is 0.293. The predicted octanol–water partition coefficient (Wildman–Crippen LogP) is 6.03. The van der Waals surface area contributed by atoms with Crippen LogP contribution in [-0.4, -0.2) is 6.54 Å². The highest BCUT2D eigenvalue weighted by molar-refractivity contribution is 9.11. The smallest absolute Gasteiger partial charge is 0.0731 e. The second-order valence-electron chi connectivity index (χ2n) is 5.81. The van der Waals surface area contributed by atoms with E-state index in [2.05, 4.69) is 79.3 Å². The molecule has 0 saturated carbocycles.